The van der Waals surface area contributed by atoms with Crippen molar-refractivity contribution >= 4 is 0 Å². The van der Waals surface area contributed by atoms with E-state index in [1.54, 1.807) is 0 Å². The third-order valence-electron chi connectivity index (χ3n) is 4.75. The summed E-state index contributed by atoms with van der Waals surface area (Å²) in [5.41, 5.74) is 3.72. The minimum absolute atomic E-state index is 0.317. The molecule has 2 aromatic heterocycles. The van der Waals surface area contributed by atoms with Gasteiger partial charge in [0.1, 0.15) is 5.82 Å². The Kier molecular flexibility index (Phi) is 4.13. The first-order valence-electron chi connectivity index (χ1n) is 8.38. The van der Waals surface area contributed by atoms with Crippen LogP contribution in [0, 0.1) is 12.8 Å². The van der Waals surface area contributed by atoms with Crippen LogP contribution in [-0.4, -0.2) is 27.7 Å². The molecular formula is C20H21N3O. The molecule has 0 bridgehead atoms. The summed E-state index contributed by atoms with van der Waals surface area (Å²) in [4.78, 5) is 8.70. The van der Waals surface area contributed by atoms with Gasteiger partial charge in [0.2, 0.25) is 0 Å². The minimum atomic E-state index is 0.317. The van der Waals surface area contributed by atoms with Gasteiger partial charge in [0, 0.05) is 36.3 Å². The van der Waals surface area contributed by atoms with Crippen LogP contribution < -0.4 is 0 Å². The molecule has 0 unspecified atom stereocenters. The fourth-order valence-corrected chi connectivity index (χ4v) is 3.42. The molecule has 4 rings (SSSR count). The summed E-state index contributed by atoms with van der Waals surface area (Å²) in [5, 5.41) is 0. The molecule has 1 aromatic carbocycles. The molecule has 0 amide bonds. The van der Waals surface area contributed by atoms with E-state index in [0.717, 1.165) is 31.0 Å². The summed E-state index contributed by atoms with van der Waals surface area (Å²) in [5.74, 6) is 1.47. The number of ether oxygens (including phenoxy) is 1. The summed E-state index contributed by atoms with van der Waals surface area (Å²) in [7, 11) is 0. The third kappa shape index (κ3) is 2.97. The van der Waals surface area contributed by atoms with E-state index in [1.807, 2.05) is 18.6 Å². The number of nitrogens with zero attached hydrogens (tertiary/aromatic N) is 3. The number of aryl methyl sites for hydroxylation is 1. The number of aromatic nitrogens is 3. The van der Waals surface area contributed by atoms with Crippen molar-refractivity contribution in [1.82, 2.24) is 14.5 Å². The molecule has 4 heteroatoms. The van der Waals surface area contributed by atoms with Crippen LogP contribution >= 0.6 is 0 Å². The molecule has 1 aliphatic rings. The molecule has 0 saturated carbocycles. The minimum Gasteiger partial charge on any atom is -0.379 e. The molecule has 1 aliphatic heterocycles. The first kappa shape index (κ1) is 15.1. The maximum absolute atomic E-state index is 5.81. The predicted molar refractivity (Wildman–Crippen MR) is 93.7 cm³/mol. The molecule has 122 valence electrons. The molecule has 4 nitrogen and oxygen atoms in total. The van der Waals surface area contributed by atoms with E-state index in [4.69, 9.17) is 4.74 Å². The average molecular weight is 319 g/mol. The van der Waals surface area contributed by atoms with E-state index in [1.165, 1.54) is 11.1 Å². The second kappa shape index (κ2) is 6.57. The monoisotopic (exact) mass is 319 g/mol. The molecule has 3 heterocycles. The Labute approximate surface area is 142 Å². The summed E-state index contributed by atoms with van der Waals surface area (Å²) in [6.45, 7) is 3.63. The Morgan fingerprint density at radius 3 is 2.62 bits per heavy atom. The maximum Gasteiger partial charge on any atom is 0.140 e. The van der Waals surface area contributed by atoms with Gasteiger partial charge in [0.05, 0.1) is 19.3 Å². The van der Waals surface area contributed by atoms with Crippen LogP contribution in [0.4, 0.5) is 0 Å². The van der Waals surface area contributed by atoms with Crippen molar-refractivity contribution in [3.05, 3.63) is 72.3 Å². The van der Waals surface area contributed by atoms with Gasteiger partial charge in [-0.2, -0.15) is 0 Å². The lowest BCUT2D eigenvalue weighted by Gasteiger charge is -2.21. The molecule has 0 radical (unpaired) electrons. The number of benzene rings is 1. The summed E-state index contributed by atoms with van der Waals surface area (Å²) in [6.07, 6.45) is 8.67. The topological polar surface area (TPSA) is 39.9 Å². The molecule has 1 fully saturated rings. The largest absolute Gasteiger partial charge is 0.379 e. The number of hydrogen-bond donors (Lipinski definition) is 0. The van der Waals surface area contributed by atoms with Gasteiger partial charge in [-0.3, -0.25) is 4.98 Å². The van der Waals surface area contributed by atoms with Gasteiger partial charge in [0.25, 0.3) is 0 Å². The quantitative estimate of drug-likeness (QED) is 0.736. The molecule has 0 aliphatic carbocycles. The number of imidazole rings is 1. The summed E-state index contributed by atoms with van der Waals surface area (Å²) >= 11 is 0. The van der Waals surface area contributed by atoms with Gasteiger partial charge in [0.15, 0.2) is 0 Å². The fourth-order valence-electron chi connectivity index (χ4n) is 3.42. The van der Waals surface area contributed by atoms with E-state index >= 15 is 0 Å². The molecular weight excluding hydrogens is 298 g/mol. The van der Waals surface area contributed by atoms with Crippen molar-refractivity contribution in [3.63, 3.8) is 0 Å². The number of hydrogen-bond acceptors (Lipinski definition) is 3. The van der Waals surface area contributed by atoms with E-state index in [0.29, 0.717) is 12.0 Å². The van der Waals surface area contributed by atoms with Gasteiger partial charge in [-0.25, -0.2) is 4.98 Å². The summed E-state index contributed by atoms with van der Waals surface area (Å²) < 4.78 is 8.09. The molecule has 3 aromatic rings. The van der Waals surface area contributed by atoms with Crippen molar-refractivity contribution in [3.8, 4) is 11.4 Å². The molecule has 0 N–H and O–H groups in total. The highest BCUT2D eigenvalue weighted by molar-refractivity contribution is 5.56. The number of rotatable bonds is 4. The van der Waals surface area contributed by atoms with Crippen molar-refractivity contribution in [2.75, 3.05) is 13.2 Å². The Hall–Kier alpha value is -2.46. The first-order valence-corrected chi connectivity index (χ1v) is 8.38. The maximum atomic E-state index is 5.81. The van der Waals surface area contributed by atoms with Crippen LogP contribution in [-0.2, 0) is 11.2 Å². The SMILES string of the molecule is Cc1ccc(-c2nccn2[C@@H]2COC[C@H]2Cc2ccncc2)cc1. The van der Waals surface area contributed by atoms with Crippen LogP contribution in [0.5, 0.6) is 0 Å². The lowest BCUT2D eigenvalue weighted by Crippen LogP contribution is -2.20. The molecule has 24 heavy (non-hydrogen) atoms. The fraction of sp³-hybridized carbons (Fsp3) is 0.300. The lowest BCUT2D eigenvalue weighted by atomic mass is 9.95. The normalized spacial score (nSPS) is 20.4. The van der Waals surface area contributed by atoms with Crippen molar-refractivity contribution < 1.29 is 4.74 Å². The van der Waals surface area contributed by atoms with Gasteiger partial charge < -0.3 is 9.30 Å². The Morgan fingerprint density at radius 1 is 1.04 bits per heavy atom. The highest BCUT2D eigenvalue weighted by atomic mass is 16.5. The van der Waals surface area contributed by atoms with E-state index < -0.39 is 0 Å². The summed E-state index contributed by atoms with van der Waals surface area (Å²) in [6, 6.07) is 13.0. The zero-order chi connectivity index (χ0) is 16.4. The van der Waals surface area contributed by atoms with Gasteiger partial charge in [-0.1, -0.05) is 29.8 Å². The Morgan fingerprint density at radius 2 is 1.83 bits per heavy atom. The average Bonchev–Trinajstić information content (AvgIpc) is 3.25. The number of pyridine rings is 1. The smallest absolute Gasteiger partial charge is 0.140 e. The zero-order valence-electron chi connectivity index (χ0n) is 13.8. The van der Waals surface area contributed by atoms with E-state index in [9.17, 15) is 0 Å². The van der Waals surface area contributed by atoms with Gasteiger partial charge >= 0.3 is 0 Å². The van der Waals surface area contributed by atoms with E-state index in [2.05, 4.69) is 64.1 Å². The first-order chi connectivity index (χ1) is 11.8. The predicted octanol–water partition coefficient (Wildman–Crippen LogP) is 3.68. The van der Waals surface area contributed by atoms with Crippen LogP contribution in [0.15, 0.2) is 61.2 Å². The van der Waals surface area contributed by atoms with E-state index in [-0.39, 0.29) is 0 Å². The second-order valence-corrected chi connectivity index (χ2v) is 6.45. The van der Waals surface area contributed by atoms with Crippen molar-refractivity contribution in [1.29, 1.82) is 0 Å². The standard InChI is InChI=1S/C20H21N3O/c1-15-2-4-17(5-3-15)20-22-10-11-23(20)19-14-24-13-18(19)12-16-6-8-21-9-7-16/h2-11,18-19H,12-14H2,1H3/t18-,19-/m1/s1. The second-order valence-electron chi connectivity index (χ2n) is 6.45. The Bertz CT molecular complexity index is 795. The van der Waals surface area contributed by atoms with Gasteiger partial charge in [-0.05, 0) is 31.0 Å². The zero-order valence-corrected chi connectivity index (χ0v) is 13.8. The van der Waals surface area contributed by atoms with Crippen LogP contribution in [0.2, 0.25) is 0 Å². The van der Waals surface area contributed by atoms with Crippen molar-refractivity contribution in [2.24, 2.45) is 5.92 Å². The Balaban J connectivity index is 1.61. The molecule has 2 atom stereocenters. The highest BCUT2D eigenvalue weighted by Gasteiger charge is 2.31. The van der Waals surface area contributed by atoms with Crippen LogP contribution in [0.25, 0.3) is 11.4 Å². The van der Waals surface area contributed by atoms with Crippen molar-refractivity contribution in [2.45, 2.75) is 19.4 Å². The lowest BCUT2D eigenvalue weighted by molar-refractivity contribution is 0.181. The molecule has 0 spiro atoms. The third-order valence-corrected chi connectivity index (χ3v) is 4.75. The molecule has 1 saturated heterocycles. The van der Waals surface area contributed by atoms with Gasteiger partial charge in [-0.15, -0.1) is 0 Å². The van der Waals surface area contributed by atoms with Crippen LogP contribution in [0.3, 0.4) is 0 Å². The highest BCUT2D eigenvalue weighted by Crippen LogP contribution is 2.32. The van der Waals surface area contributed by atoms with Crippen LogP contribution in [0.1, 0.15) is 17.2 Å².